The van der Waals surface area contributed by atoms with E-state index in [1.54, 1.807) is 11.3 Å². The van der Waals surface area contributed by atoms with Gasteiger partial charge in [-0.15, -0.1) is 11.3 Å². The van der Waals surface area contributed by atoms with Crippen LogP contribution in [0.5, 0.6) is 0 Å². The van der Waals surface area contributed by atoms with E-state index >= 15 is 0 Å². The molecule has 5 nitrogen and oxygen atoms in total. The predicted molar refractivity (Wildman–Crippen MR) is 79.5 cm³/mol. The summed E-state index contributed by atoms with van der Waals surface area (Å²) in [5, 5.41) is 2.90. The van der Waals surface area contributed by atoms with Crippen molar-refractivity contribution in [2.24, 2.45) is 0 Å². The summed E-state index contributed by atoms with van der Waals surface area (Å²) >= 11 is 1.59. The van der Waals surface area contributed by atoms with Crippen LogP contribution in [0.4, 0.5) is 5.13 Å². The first-order chi connectivity index (χ1) is 9.84. The number of nitrogens with zero attached hydrogens (tertiary/aromatic N) is 3. The predicted octanol–water partition coefficient (Wildman–Crippen LogP) is 2.00. The van der Waals surface area contributed by atoms with Gasteiger partial charge in [-0.25, -0.2) is 4.98 Å². The molecule has 6 heteroatoms. The van der Waals surface area contributed by atoms with Crippen molar-refractivity contribution in [3.05, 3.63) is 11.1 Å². The van der Waals surface area contributed by atoms with Gasteiger partial charge in [-0.1, -0.05) is 12.8 Å². The number of ether oxygens (including phenoxy) is 1. The first-order valence-corrected chi connectivity index (χ1v) is 8.30. The van der Waals surface area contributed by atoms with Gasteiger partial charge in [0.25, 0.3) is 5.91 Å². The lowest BCUT2D eigenvalue weighted by Gasteiger charge is -2.26. The number of hydrogen-bond donors (Lipinski definition) is 0. The van der Waals surface area contributed by atoms with Gasteiger partial charge in [-0.2, -0.15) is 0 Å². The molecule has 1 amide bonds. The standard InChI is InChI=1S/C14H21N3O2S/c18-13(16-7-9-19-10-8-16)12-11-20-14(15-12)17-5-3-1-2-4-6-17/h11H,1-10H2. The highest BCUT2D eigenvalue weighted by Gasteiger charge is 2.22. The summed E-state index contributed by atoms with van der Waals surface area (Å²) in [6.45, 7) is 4.76. The SMILES string of the molecule is O=C(c1csc(N2CCCCCC2)n1)N1CCOCC1. The summed E-state index contributed by atoms with van der Waals surface area (Å²) in [6.07, 6.45) is 5.07. The van der Waals surface area contributed by atoms with Crippen molar-refractivity contribution in [3.63, 3.8) is 0 Å². The quantitative estimate of drug-likeness (QED) is 0.837. The first-order valence-electron chi connectivity index (χ1n) is 7.42. The van der Waals surface area contributed by atoms with Gasteiger partial charge in [-0.05, 0) is 12.8 Å². The van der Waals surface area contributed by atoms with Gasteiger partial charge in [0.1, 0.15) is 5.69 Å². The van der Waals surface area contributed by atoms with Crippen molar-refractivity contribution in [1.82, 2.24) is 9.88 Å². The maximum absolute atomic E-state index is 12.4. The molecule has 3 rings (SSSR count). The van der Waals surface area contributed by atoms with Crippen molar-refractivity contribution >= 4 is 22.4 Å². The smallest absolute Gasteiger partial charge is 0.273 e. The molecule has 0 saturated carbocycles. The molecular formula is C14H21N3O2S. The highest BCUT2D eigenvalue weighted by atomic mass is 32.1. The van der Waals surface area contributed by atoms with E-state index in [9.17, 15) is 4.79 Å². The van der Waals surface area contributed by atoms with E-state index in [4.69, 9.17) is 4.74 Å². The highest BCUT2D eigenvalue weighted by Crippen LogP contribution is 2.24. The largest absolute Gasteiger partial charge is 0.378 e. The van der Waals surface area contributed by atoms with Crippen LogP contribution >= 0.6 is 11.3 Å². The molecule has 1 aromatic rings. The average Bonchev–Trinajstić information content (AvgIpc) is 2.83. The van der Waals surface area contributed by atoms with E-state index in [2.05, 4.69) is 9.88 Å². The fraction of sp³-hybridized carbons (Fsp3) is 0.714. The van der Waals surface area contributed by atoms with Crippen LogP contribution in [0.15, 0.2) is 5.38 Å². The molecule has 0 N–H and O–H groups in total. The Balaban J connectivity index is 1.67. The lowest BCUT2D eigenvalue weighted by Crippen LogP contribution is -2.40. The summed E-state index contributed by atoms with van der Waals surface area (Å²) in [7, 11) is 0. The van der Waals surface area contributed by atoms with Crippen molar-refractivity contribution < 1.29 is 9.53 Å². The number of rotatable bonds is 2. The second kappa shape index (κ2) is 6.54. The summed E-state index contributed by atoms with van der Waals surface area (Å²) in [6, 6.07) is 0. The van der Waals surface area contributed by atoms with E-state index in [0.717, 1.165) is 18.2 Å². The maximum Gasteiger partial charge on any atom is 0.273 e. The van der Waals surface area contributed by atoms with E-state index < -0.39 is 0 Å². The Kier molecular flexibility index (Phi) is 4.52. The number of morpholine rings is 1. The van der Waals surface area contributed by atoms with E-state index in [1.807, 2.05) is 10.3 Å². The summed E-state index contributed by atoms with van der Waals surface area (Å²) in [4.78, 5) is 21.1. The van der Waals surface area contributed by atoms with Gasteiger partial charge in [0.15, 0.2) is 5.13 Å². The molecule has 0 unspecified atom stereocenters. The number of thiazole rings is 1. The van der Waals surface area contributed by atoms with Gasteiger partial charge in [0, 0.05) is 31.6 Å². The second-order valence-electron chi connectivity index (χ2n) is 5.32. The van der Waals surface area contributed by atoms with Crippen LogP contribution in [0.2, 0.25) is 0 Å². The van der Waals surface area contributed by atoms with Gasteiger partial charge in [0.05, 0.1) is 13.2 Å². The zero-order chi connectivity index (χ0) is 13.8. The number of aromatic nitrogens is 1. The molecular weight excluding hydrogens is 274 g/mol. The number of anilines is 1. The second-order valence-corrected chi connectivity index (χ2v) is 6.16. The van der Waals surface area contributed by atoms with Crippen LogP contribution in [0.25, 0.3) is 0 Å². The molecule has 0 aromatic carbocycles. The minimum absolute atomic E-state index is 0.0469. The van der Waals surface area contributed by atoms with Crippen LogP contribution in [-0.4, -0.2) is 55.2 Å². The van der Waals surface area contributed by atoms with Gasteiger partial charge < -0.3 is 14.5 Å². The molecule has 3 heterocycles. The molecule has 0 spiro atoms. The third-order valence-corrected chi connectivity index (χ3v) is 4.79. The Labute approximate surface area is 123 Å². The van der Waals surface area contributed by atoms with Gasteiger partial charge in [-0.3, -0.25) is 4.79 Å². The summed E-state index contributed by atoms with van der Waals surface area (Å²) in [5.41, 5.74) is 0.594. The van der Waals surface area contributed by atoms with Crippen LogP contribution in [0.3, 0.4) is 0 Å². The Bertz CT molecular complexity index is 449. The Morgan fingerprint density at radius 1 is 1.10 bits per heavy atom. The van der Waals surface area contributed by atoms with Crippen molar-refractivity contribution in [3.8, 4) is 0 Å². The third-order valence-electron chi connectivity index (χ3n) is 3.89. The monoisotopic (exact) mass is 295 g/mol. The van der Waals surface area contributed by atoms with Crippen molar-refractivity contribution in [1.29, 1.82) is 0 Å². The lowest BCUT2D eigenvalue weighted by atomic mass is 10.2. The fourth-order valence-electron chi connectivity index (χ4n) is 2.70. The molecule has 110 valence electrons. The number of amides is 1. The third kappa shape index (κ3) is 3.12. The molecule has 1 aromatic heterocycles. The van der Waals surface area contributed by atoms with Crippen LogP contribution in [-0.2, 0) is 4.74 Å². The van der Waals surface area contributed by atoms with Gasteiger partial charge in [0.2, 0.25) is 0 Å². The molecule has 0 atom stereocenters. The molecule has 20 heavy (non-hydrogen) atoms. The van der Waals surface area contributed by atoms with Crippen LogP contribution in [0.1, 0.15) is 36.2 Å². The molecule has 0 aliphatic carbocycles. The molecule has 2 aliphatic rings. The van der Waals surface area contributed by atoms with Crippen LogP contribution < -0.4 is 4.90 Å². The minimum atomic E-state index is 0.0469. The number of carbonyl (C=O) groups is 1. The maximum atomic E-state index is 12.4. The summed E-state index contributed by atoms with van der Waals surface area (Å²) < 4.78 is 5.28. The highest BCUT2D eigenvalue weighted by molar-refractivity contribution is 7.13. The van der Waals surface area contributed by atoms with Crippen molar-refractivity contribution in [2.75, 3.05) is 44.3 Å². The number of hydrogen-bond acceptors (Lipinski definition) is 5. The Hall–Kier alpha value is -1.14. The minimum Gasteiger partial charge on any atom is -0.378 e. The van der Waals surface area contributed by atoms with E-state index in [-0.39, 0.29) is 5.91 Å². The first kappa shape index (κ1) is 13.8. The average molecular weight is 295 g/mol. The topological polar surface area (TPSA) is 45.7 Å². The number of carbonyl (C=O) groups excluding carboxylic acids is 1. The fourth-order valence-corrected chi connectivity index (χ4v) is 3.55. The summed E-state index contributed by atoms with van der Waals surface area (Å²) in [5.74, 6) is 0.0469. The van der Waals surface area contributed by atoms with Gasteiger partial charge >= 0.3 is 0 Å². The normalized spacial score (nSPS) is 20.8. The lowest BCUT2D eigenvalue weighted by molar-refractivity contribution is 0.0299. The molecule has 2 saturated heterocycles. The van der Waals surface area contributed by atoms with Crippen LogP contribution in [0, 0.1) is 0 Å². The molecule has 2 fully saturated rings. The Morgan fingerprint density at radius 2 is 1.80 bits per heavy atom. The van der Waals surface area contributed by atoms with E-state index in [1.165, 1.54) is 25.7 Å². The zero-order valence-electron chi connectivity index (χ0n) is 11.7. The molecule has 2 aliphatic heterocycles. The van der Waals surface area contributed by atoms with Crippen molar-refractivity contribution in [2.45, 2.75) is 25.7 Å². The zero-order valence-corrected chi connectivity index (χ0v) is 12.5. The van der Waals surface area contributed by atoms with E-state index in [0.29, 0.717) is 32.0 Å². The molecule has 0 bridgehead atoms. The Morgan fingerprint density at radius 3 is 2.50 bits per heavy atom. The molecule has 0 radical (unpaired) electrons.